The van der Waals surface area contributed by atoms with Crippen molar-refractivity contribution < 1.29 is 0 Å². The lowest BCUT2D eigenvalue weighted by Gasteiger charge is -2.61. The summed E-state index contributed by atoms with van der Waals surface area (Å²) < 4.78 is 0. The molecule has 4 saturated carbocycles. The molecule has 0 heterocycles. The fourth-order valence-electron chi connectivity index (χ4n) is 12.3. The first-order valence-corrected chi connectivity index (χ1v) is 19.5. The molecule has 0 nitrogen and oxygen atoms in total. The second kappa shape index (κ2) is 10.8. The average Bonchev–Trinajstić information content (AvgIpc) is 3.48. The molecule has 5 aliphatic carbocycles. The summed E-state index contributed by atoms with van der Waals surface area (Å²) in [7, 11) is 0. The molecule has 0 saturated heterocycles. The van der Waals surface area contributed by atoms with Crippen LogP contribution in [0.25, 0.3) is 76.8 Å². The van der Waals surface area contributed by atoms with Crippen molar-refractivity contribution in [1.82, 2.24) is 0 Å². The first-order valence-electron chi connectivity index (χ1n) is 19.5. The summed E-state index contributed by atoms with van der Waals surface area (Å²) in [4.78, 5) is 0. The lowest BCUT2D eigenvalue weighted by Crippen LogP contribution is -2.55. The number of fused-ring (bicyclic) bond motifs is 6. The molecule has 0 amide bonds. The molecule has 8 aromatic rings. The summed E-state index contributed by atoms with van der Waals surface area (Å²) in [5.74, 6) is 3.47. The molecule has 8 aromatic carbocycles. The van der Waals surface area contributed by atoms with Gasteiger partial charge in [-0.05, 0) is 156 Å². The van der Waals surface area contributed by atoms with Crippen LogP contribution in [0.15, 0.2) is 158 Å². The van der Waals surface area contributed by atoms with Crippen molar-refractivity contribution in [1.29, 1.82) is 0 Å². The number of hydrogen-bond acceptors (Lipinski definition) is 0. The number of benzene rings is 8. The molecular formula is C52H40. The zero-order valence-electron chi connectivity index (χ0n) is 29.4. The Balaban J connectivity index is 1.03. The van der Waals surface area contributed by atoms with E-state index in [-0.39, 0.29) is 5.41 Å². The Bertz CT molecular complexity index is 2660. The van der Waals surface area contributed by atoms with Gasteiger partial charge >= 0.3 is 0 Å². The van der Waals surface area contributed by atoms with Crippen molar-refractivity contribution in [3.63, 3.8) is 0 Å². The van der Waals surface area contributed by atoms with Crippen molar-refractivity contribution >= 4 is 32.3 Å². The van der Waals surface area contributed by atoms with E-state index in [1.54, 1.807) is 11.1 Å². The van der Waals surface area contributed by atoms with Gasteiger partial charge in [0.15, 0.2) is 0 Å². The summed E-state index contributed by atoms with van der Waals surface area (Å²) in [5.41, 5.74) is 14.2. The van der Waals surface area contributed by atoms with Gasteiger partial charge in [-0.15, -0.1) is 0 Å². The van der Waals surface area contributed by atoms with Crippen LogP contribution < -0.4 is 0 Å². The van der Waals surface area contributed by atoms with Gasteiger partial charge in [0, 0.05) is 5.41 Å². The van der Waals surface area contributed by atoms with Crippen molar-refractivity contribution in [2.45, 2.75) is 37.5 Å². The predicted molar refractivity (Wildman–Crippen MR) is 219 cm³/mol. The van der Waals surface area contributed by atoms with Crippen LogP contribution in [0.2, 0.25) is 0 Å². The highest BCUT2D eigenvalue weighted by molar-refractivity contribution is 6.21. The Hall–Kier alpha value is -5.46. The third-order valence-corrected chi connectivity index (χ3v) is 14.0. The van der Waals surface area contributed by atoms with Crippen LogP contribution in [-0.4, -0.2) is 0 Å². The molecule has 0 aromatic heterocycles. The van der Waals surface area contributed by atoms with E-state index in [0.717, 1.165) is 23.7 Å². The number of rotatable bonds is 3. The van der Waals surface area contributed by atoms with E-state index < -0.39 is 0 Å². The normalized spacial score (nSPS) is 23.8. The molecule has 1 spiro atoms. The maximum atomic E-state index is 2.58. The third kappa shape index (κ3) is 3.93. The van der Waals surface area contributed by atoms with Gasteiger partial charge in [0.2, 0.25) is 0 Å². The second-order valence-corrected chi connectivity index (χ2v) is 16.5. The molecule has 0 atom stereocenters. The fourth-order valence-corrected chi connectivity index (χ4v) is 12.3. The van der Waals surface area contributed by atoms with Crippen LogP contribution >= 0.6 is 0 Å². The monoisotopic (exact) mass is 664 g/mol. The minimum absolute atomic E-state index is 0.199. The van der Waals surface area contributed by atoms with E-state index in [9.17, 15) is 0 Å². The van der Waals surface area contributed by atoms with Gasteiger partial charge < -0.3 is 0 Å². The molecule has 0 unspecified atom stereocenters. The third-order valence-electron chi connectivity index (χ3n) is 14.0. The lowest BCUT2D eigenvalue weighted by atomic mass is 9.43. The summed E-state index contributed by atoms with van der Waals surface area (Å²) in [5, 5.41) is 7.83. The van der Waals surface area contributed by atoms with Crippen LogP contribution in [-0.2, 0) is 5.41 Å². The van der Waals surface area contributed by atoms with Crippen LogP contribution in [0.1, 0.15) is 43.2 Å². The first-order chi connectivity index (χ1) is 25.7. The minimum atomic E-state index is 0.199. The Morgan fingerprint density at radius 3 is 1.52 bits per heavy atom. The zero-order valence-corrected chi connectivity index (χ0v) is 29.4. The molecule has 0 radical (unpaired) electrons. The Morgan fingerprint density at radius 2 is 0.846 bits per heavy atom. The van der Waals surface area contributed by atoms with Gasteiger partial charge in [-0.1, -0.05) is 146 Å². The maximum absolute atomic E-state index is 2.58. The molecule has 5 aliphatic rings. The van der Waals surface area contributed by atoms with Crippen LogP contribution in [0.3, 0.4) is 0 Å². The Morgan fingerprint density at radius 1 is 0.346 bits per heavy atom. The van der Waals surface area contributed by atoms with E-state index in [1.807, 2.05) is 0 Å². The smallest absolute Gasteiger partial charge is 0.0271 e. The topological polar surface area (TPSA) is 0 Å². The molecule has 0 heteroatoms. The average molecular weight is 665 g/mol. The van der Waals surface area contributed by atoms with Crippen molar-refractivity contribution in [3.8, 4) is 44.5 Å². The largest absolute Gasteiger partial charge is 0.0619 e. The second-order valence-electron chi connectivity index (χ2n) is 16.5. The molecule has 0 aliphatic heterocycles. The summed E-state index contributed by atoms with van der Waals surface area (Å²) >= 11 is 0. The standard InChI is InChI=1S/C52H40/c1-2-10-37-30-38(22-19-34(37)9-1)35-17-20-36(21-18-35)50-43-12-3-5-14-45(43)51(46-15-6-4-13-44(46)50)39-23-24-49-47(31-39)42-11-7-8-16-48(42)52(49)40-26-32-25-33(28-40)29-41(52)27-32/h1-24,30-33,40-41H,25-29H2. The molecule has 0 N–H and O–H groups in total. The van der Waals surface area contributed by atoms with Gasteiger partial charge in [0.1, 0.15) is 0 Å². The summed E-state index contributed by atoms with van der Waals surface area (Å²) in [6.45, 7) is 0. The van der Waals surface area contributed by atoms with Crippen LogP contribution in [0.4, 0.5) is 0 Å². The van der Waals surface area contributed by atoms with Gasteiger partial charge in [-0.2, -0.15) is 0 Å². The quantitative estimate of drug-likeness (QED) is 0.165. The van der Waals surface area contributed by atoms with Crippen molar-refractivity contribution in [2.24, 2.45) is 23.7 Å². The number of hydrogen-bond donors (Lipinski definition) is 0. The highest BCUT2D eigenvalue weighted by Crippen LogP contribution is 2.69. The SMILES string of the molecule is c1ccc2c(c1)-c1cc(-c3c4ccccc4c(-c4ccc(-c5ccc6ccccc6c5)cc4)c4ccccc34)ccc1C21C2CC3CC(C2)CC1C3. The Kier molecular flexibility index (Phi) is 6.04. The molecule has 248 valence electrons. The van der Waals surface area contributed by atoms with E-state index in [1.165, 1.54) is 109 Å². The highest BCUT2D eigenvalue weighted by atomic mass is 14.6. The fraction of sp³-hybridized carbons (Fsp3) is 0.192. The van der Waals surface area contributed by atoms with E-state index in [4.69, 9.17) is 0 Å². The van der Waals surface area contributed by atoms with E-state index >= 15 is 0 Å². The van der Waals surface area contributed by atoms with Crippen LogP contribution in [0.5, 0.6) is 0 Å². The molecule has 52 heavy (non-hydrogen) atoms. The highest BCUT2D eigenvalue weighted by Gasteiger charge is 2.61. The molecule has 13 rings (SSSR count). The van der Waals surface area contributed by atoms with Gasteiger partial charge in [0.25, 0.3) is 0 Å². The minimum Gasteiger partial charge on any atom is -0.0619 e. The van der Waals surface area contributed by atoms with Crippen molar-refractivity contribution in [2.75, 3.05) is 0 Å². The van der Waals surface area contributed by atoms with Gasteiger partial charge in [0.05, 0.1) is 0 Å². The molecular weight excluding hydrogens is 625 g/mol. The predicted octanol–water partition coefficient (Wildman–Crippen LogP) is 13.9. The van der Waals surface area contributed by atoms with E-state index in [2.05, 4.69) is 158 Å². The van der Waals surface area contributed by atoms with Gasteiger partial charge in [-0.3, -0.25) is 0 Å². The maximum Gasteiger partial charge on any atom is 0.0271 e. The zero-order chi connectivity index (χ0) is 34.0. The lowest BCUT2D eigenvalue weighted by molar-refractivity contribution is -0.0399. The van der Waals surface area contributed by atoms with E-state index in [0.29, 0.717) is 0 Å². The summed E-state index contributed by atoms with van der Waals surface area (Å²) in [6.07, 6.45) is 7.16. The van der Waals surface area contributed by atoms with Crippen molar-refractivity contribution in [3.05, 3.63) is 169 Å². The molecule has 4 fully saturated rings. The first kappa shape index (κ1) is 29.2. The Labute approximate surface area is 305 Å². The van der Waals surface area contributed by atoms with Crippen LogP contribution in [0, 0.1) is 23.7 Å². The summed E-state index contributed by atoms with van der Waals surface area (Å²) in [6, 6.07) is 60.1. The molecule has 4 bridgehead atoms. The van der Waals surface area contributed by atoms with Gasteiger partial charge in [-0.25, -0.2) is 0 Å².